The van der Waals surface area contributed by atoms with Gasteiger partial charge in [-0.2, -0.15) is 5.26 Å². The van der Waals surface area contributed by atoms with Crippen LogP contribution >= 0.6 is 0 Å². The summed E-state index contributed by atoms with van der Waals surface area (Å²) in [6, 6.07) is 9.27. The minimum absolute atomic E-state index is 0.0207. The summed E-state index contributed by atoms with van der Waals surface area (Å²) in [5.74, 6) is 0.0207. The monoisotopic (exact) mass is 188 g/mol. The predicted octanol–water partition coefficient (Wildman–Crippen LogP) is 1.58. The van der Waals surface area contributed by atoms with Gasteiger partial charge in [-0.15, -0.1) is 0 Å². The SMILES string of the molecule is CCC(=O)NCc1cccc(C#N)c1. The first kappa shape index (κ1) is 10.3. The predicted molar refractivity (Wildman–Crippen MR) is 53.3 cm³/mol. The molecule has 0 spiro atoms. The summed E-state index contributed by atoms with van der Waals surface area (Å²) in [5.41, 5.74) is 1.57. The molecule has 0 bridgehead atoms. The second kappa shape index (κ2) is 5.03. The van der Waals surface area contributed by atoms with Gasteiger partial charge < -0.3 is 5.32 Å². The van der Waals surface area contributed by atoms with Crippen molar-refractivity contribution < 1.29 is 4.79 Å². The summed E-state index contributed by atoms with van der Waals surface area (Å²) < 4.78 is 0. The van der Waals surface area contributed by atoms with Crippen molar-refractivity contribution in [1.29, 1.82) is 5.26 Å². The molecule has 1 rings (SSSR count). The maximum Gasteiger partial charge on any atom is 0.219 e. The first-order valence-corrected chi connectivity index (χ1v) is 4.52. The molecule has 0 radical (unpaired) electrons. The third kappa shape index (κ3) is 2.91. The maximum absolute atomic E-state index is 11.0. The zero-order valence-corrected chi connectivity index (χ0v) is 8.08. The fourth-order valence-corrected chi connectivity index (χ4v) is 1.08. The lowest BCUT2D eigenvalue weighted by Gasteiger charge is -2.03. The molecule has 1 aromatic rings. The first-order chi connectivity index (χ1) is 6.76. The molecule has 0 aromatic heterocycles. The van der Waals surface area contributed by atoms with Crippen molar-refractivity contribution >= 4 is 5.91 Å². The molecule has 0 atom stereocenters. The van der Waals surface area contributed by atoms with Gasteiger partial charge in [-0.25, -0.2) is 0 Å². The molecule has 14 heavy (non-hydrogen) atoms. The second-order valence-corrected chi connectivity index (χ2v) is 2.94. The number of nitrogens with zero attached hydrogens (tertiary/aromatic N) is 1. The molecule has 72 valence electrons. The molecule has 0 heterocycles. The van der Waals surface area contributed by atoms with Crippen LogP contribution in [0.5, 0.6) is 0 Å². The lowest BCUT2D eigenvalue weighted by molar-refractivity contribution is -0.120. The number of carbonyl (C=O) groups is 1. The van der Waals surface area contributed by atoms with Crippen molar-refractivity contribution in [3.8, 4) is 6.07 Å². The zero-order valence-electron chi connectivity index (χ0n) is 8.08. The van der Waals surface area contributed by atoms with Gasteiger partial charge >= 0.3 is 0 Å². The van der Waals surface area contributed by atoms with Crippen molar-refractivity contribution in [3.63, 3.8) is 0 Å². The molecule has 1 N–H and O–H groups in total. The smallest absolute Gasteiger partial charge is 0.219 e. The van der Waals surface area contributed by atoms with Crippen LogP contribution in [0.25, 0.3) is 0 Å². The zero-order chi connectivity index (χ0) is 10.4. The normalized spacial score (nSPS) is 9.14. The van der Waals surface area contributed by atoms with E-state index >= 15 is 0 Å². The summed E-state index contributed by atoms with van der Waals surface area (Å²) in [6.07, 6.45) is 0.484. The van der Waals surface area contributed by atoms with E-state index in [1.54, 1.807) is 19.1 Å². The Kier molecular flexibility index (Phi) is 3.69. The lowest BCUT2D eigenvalue weighted by atomic mass is 10.1. The summed E-state index contributed by atoms with van der Waals surface area (Å²) >= 11 is 0. The third-order valence-electron chi connectivity index (χ3n) is 1.87. The van der Waals surface area contributed by atoms with E-state index in [2.05, 4.69) is 11.4 Å². The van der Waals surface area contributed by atoms with Gasteiger partial charge in [-0.05, 0) is 17.7 Å². The molecule has 0 aliphatic carbocycles. The van der Waals surface area contributed by atoms with Gasteiger partial charge in [0.25, 0.3) is 0 Å². The molecule has 1 amide bonds. The Hall–Kier alpha value is -1.82. The van der Waals surface area contributed by atoms with Crippen molar-refractivity contribution in [2.45, 2.75) is 19.9 Å². The Morgan fingerprint density at radius 1 is 1.57 bits per heavy atom. The van der Waals surface area contributed by atoms with Gasteiger partial charge in [0.1, 0.15) is 0 Å². The first-order valence-electron chi connectivity index (χ1n) is 4.52. The molecular weight excluding hydrogens is 176 g/mol. The topological polar surface area (TPSA) is 52.9 Å². The molecule has 0 aliphatic heterocycles. The minimum atomic E-state index is 0.0207. The largest absolute Gasteiger partial charge is 0.352 e. The number of hydrogen-bond acceptors (Lipinski definition) is 2. The van der Waals surface area contributed by atoms with Crippen LogP contribution in [0, 0.1) is 11.3 Å². The Labute approximate surface area is 83.4 Å². The average Bonchev–Trinajstić information content (AvgIpc) is 2.26. The van der Waals surface area contributed by atoms with Gasteiger partial charge in [-0.3, -0.25) is 4.79 Å². The number of nitrogens with one attached hydrogen (secondary N) is 1. The van der Waals surface area contributed by atoms with Crippen molar-refractivity contribution in [1.82, 2.24) is 5.32 Å². The van der Waals surface area contributed by atoms with Crippen LogP contribution in [0.1, 0.15) is 24.5 Å². The molecule has 3 nitrogen and oxygen atoms in total. The van der Waals surface area contributed by atoms with E-state index in [0.717, 1.165) is 5.56 Å². The molecule has 1 aromatic carbocycles. The van der Waals surface area contributed by atoms with Crippen LogP contribution in [-0.2, 0) is 11.3 Å². The Morgan fingerprint density at radius 2 is 2.36 bits per heavy atom. The van der Waals surface area contributed by atoms with E-state index in [0.29, 0.717) is 18.5 Å². The highest BCUT2D eigenvalue weighted by atomic mass is 16.1. The number of nitriles is 1. The van der Waals surface area contributed by atoms with Gasteiger partial charge in [0.05, 0.1) is 11.6 Å². The third-order valence-corrected chi connectivity index (χ3v) is 1.87. The van der Waals surface area contributed by atoms with E-state index in [-0.39, 0.29) is 5.91 Å². The van der Waals surface area contributed by atoms with Crippen molar-refractivity contribution in [3.05, 3.63) is 35.4 Å². The van der Waals surface area contributed by atoms with Crippen LogP contribution in [0.3, 0.4) is 0 Å². The molecule has 0 fully saturated rings. The number of hydrogen-bond donors (Lipinski definition) is 1. The summed E-state index contributed by atoms with van der Waals surface area (Å²) in [6.45, 7) is 2.29. The fourth-order valence-electron chi connectivity index (χ4n) is 1.08. The van der Waals surface area contributed by atoms with Crippen LogP contribution < -0.4 is 5.32 Å². The van der Waals surface area contributed by atoms with Crippen LogP contribution in [0.4, 0.5) is 0 Å². The highest BCUT2D eigenvalue weighted by Crippen LogP contribution is 2.03. The maximum atomic E-state index is 11.0. The second-order valence-electron chi connectivity index (χ2n) is 2.94. The van der Waals surface area contributed by atoms with Gasteiger partial charge in [0.15, 0.2) is 0 Å². The molecule has 3 heteroatoms. The van der Waals surface area contributed by atoms with E-state index in [9.17, 15) is 4.79 Å². The molecule has 0 unspecified atom stereocenters. The van der Waals surface area contributed by atoms with Gasteiger partial charge in [0, 0.05) is 13.0 Å². The average molecular weight is 188 g/mol. The molecule has 0 saturated heterocycles. The van der Waals surface area contributed by atoms with Gasteiger partial charge in [0.2, 0.25) is 5.91 Å². The van der Waals surface area contributed by atoms with Crippen molar-refractivity contribution in [2.75, 3.05) is 0 Å². The number of rotatable bonds is 3. The van der Waals surface area contributed by atoms with Crippen LogP contribution in [0.15, 0.2) is 24.3 Å². The Balaban J connectivity index is 2.60. The standard InChI is InChI=1S/C11H12N2O/c1-2-11(14)13-8-10-5-3-4-9(6-10)7-12/h3-6H,2,8H2,1H3,(H,13,14). The fraction of sp³-hybridized carbons (Fsp3) is 0.273. The highest BCUT2D eigenvalue weighted by molar-refractivity contribution is 5.75. The van der Waals surface area contributed by atoms with E-state index in [1.165, 1.54) is 0 Å². The quantitative estimate of drug-likeness (QED) is 0.783. The molecule has 0 saturated carbocycles. The number of amides is 1. The van der Waals surface area contributed by atoms with Crippen molar-refractivity contribution in [2.24, 2.45) is 0 Å². The summed E-state index contributed by atoms with van der Waals surface area (Å²) in [5, 5.41) is 11.4. The van der Waals surface area contributed by atoms with Gasteiger partial charge in [-0.1, -0.05) is 19.1 Å². The Morgan fingerprint density at radius 3 is 3.00 bits per heavy atom. The molecular formula is C11H12N2O. The van der Waals surface area contributed by atoms with E-state index in [1.807, 2.05) is 12.1 Å². The number of benzene rings is 1. The summed E-state index contributed by atoms with van der Waals surface area (Å²) in [4.78, 5) is 11.0. The summed E-state index contributed by atoms with van der Waals surface area (Å²) in [7, 11) is 0. The van der Waals surface area contributed by atoms with Crippen LogP contribution in [-0.4, -0.2) is 5.91 Å². The molecule has 0 aliphatic rings. The number of carbonyl (C=O) groups excluding carboxylic acids is 1. The van der Waals surface area contributed by atoms with E-state index in [4.69, 9.17) is 5.26 Å². The van der Waals surface area contributed by atoms with Crippen LogP contribution in [0.2, 0.25) is 0 Å². The minimum Gasteiger partial charge on any atom is -0.352 e. The van der Waals surface area contributed by atoms with E-state index < -0.39 is 0 Å². The Bertz CT molecular complexity index is 366. The lowest BCUT2D eigenvalue weighted by Crippen LogP contribution is -2.21. The highest BCUT2D eigenvalue weighted by Gasteiger charge is 1.98.